The molecule has 4 aromatic rings. The standard InChI is InChI=1S/C31H33N5O3/c1-38-26-14-6-21(7-15-26)28-20-29(22-8-16-27(39-2)17-9-22)36-31(35-28)34-24-12-10-23(11-13-24)33-30(37)19-25-5-3-4-18-32-25/h6-17,20,25,32H,3-5,18-19H2,1-2H3,(H,33,37)(H,34,35,36). The van der Waals surface area contributed by atoms with Gasteiger partial charge in [-0.25, -0.2) is 9.97 Å². The average molecular weight is 524 g/mol. The summed E-state index contributed by atoms with van der Waals surface area (Å²) in [5.74, 6) is 2.05. The van der Waals surface area contributed by atoms with Crippen LogP contribution in [0.25, 0.3) is 22.5 Å². The fourth-order valence-electron chi connectivity index (χ4n) is 4.62. The third-order valence-electron chi connectivity index (χ3n) is 6.77. The van der Waals surface area contributed by atoms with Crippen LogP contribution in [0, 0.1) is 0 Å². The minimum absolute atomic E-state index is 0.0229. The first-order valence-corrected chi connectivity index (χ1v) is 13.2. The van der Waals surface area contributed by atoms with E-state index in [2.05, 4.69) is 16.0 Å². The summed E-state index contributed by atoms with van der Waals surface area (Å²) in [6, 6.07) is 25.4. The van der Waals surface area contributed by atoms with E-state index in [1.54, 1.807) is 14.2 Å². The van der Waals surface area contributed by atoms with Crippen molar-refractivity contribution in [2.45, 2.75) is 31.7 Å². The first-order valence-electron chi connectivity index (χ1n) is 13.2. The molecule has 0 bridgehead atoms. The Morgan fingerprint density at radius 1 is 0.821 bits per heavy atom. The molecule has 1 amide bonds. The highest BCUT2D eigenvalue weighted by molar-refractivity contribution is 5.91. The van der Waals surface area contributed by atoms with Gasteiger partial charge in [0.25, 0.3) is 0 Å². The van der Waals surface area contributed by atoms with E-state index in [1.807, 2.05) is 78.9 Å². The largest absolute Gasteiger partial charge is 0.497 e. The lowest BCUT2D eigenvalue weighted by atomic mass is 10.0. The molecular weight excluding hydrogens is 490 g/mol. The number of aromatic nitrogens is 2. The molecule has 39 heavy (non-hydrogen) atoms. The van der Waals surface area contributed by atoms with Crippen LogP contribution >= 0.6 is 0 Å². The van der Waals surface area contributed by atoms with Crippen molar-refractivity contribution in [3.05, 3.63) is 78.9 Å². The zero-order valence-corrected chi connectivity index (χ0v) is 22.2. The molecule has 1 fully saturated rings. The van der Waals surface area contributed by atoms with E-state index in [0.29, 0.717) is 12.4 Å². The number of hydrogen-bond donors (Lipinski definition) is 3. The van der Waals surface area contributed by atoms with Crippen LogP contribution < -0.4 is 25.4 Å². The normalized spacial score (nSPS) is 14.9. The number of benzene rings is 3. The van der Waals surface area contributed by atoms with Gasteiger partial charge in [0.05, 0.1) is 25.6 Å². The first-order chi connectivity index (χ1) is 19.1. The monoisotopic (exact) mass is 523 g/mol. The fraction of sp³-hybridized carbons (Fsp3) is 0.258. The Balaban J connectivity index is 1.35. The van der Waals surface area contributed by atoms with E-state index in [0.717, 1.165) is 58.4 Å². The summed E-state index contributed by atoms with van der Waals surface area (Å²) in [6.07, 6.45) is 3.89. The minimum atomic E-state index is 0.0229. The molecule has 1 aliphatic rings. The summed E-state index contributed by atoms with van der Waals surface area (Å²) in [7, 11) is 3.29. The van der Waals surface area contributed by atoms with Gasteiger partial charge in [0.1, 0.15) is 11.5 Å². The smallest absolute Gasteiger partial charge is 0.228 e. The van der Waals surface area contributed by atoms with Crippen molar-refractivity contribution in [1.29, 1.82) is 0 Å². The lowest BCUT2D eigenvalue weighted by molar-refractivity contribution is -0.116. The Labute approximate surface area is 228 Å². The highest BCUT2D eigenvalue weighted by Gasteiger charge is 2.16. The van der Waals surface area contributed by atoms with Crippen molar-refractivity contribution >= 4 is 23.2 Å². The van der Waals surface area contributed by atoms with Gasteiger partial charge < -0.3 is 25.4 Å². The summed E-state index contributed by atoms with van der Waals surface area (Å²) in [6.45, 7) is 0.986. The predicted molar refractivity (Wildman–Crippen MR) is 155 cm³/mol. The van der Waals surface area contributed by atoms with Gasteiger partial charge in [0.2, 0.25) is 11.9 Å². The molecule has 1 unspecified atom stereocenters. The van der Waals surface area contributed by atoms with E-state index in [4.69, 9.17) is 19.4 Å². The number of methoxy groups -OCH3 is 2. The highest BCUT2D eigenvalue weighted by Crippen LogP contribution is 2.29. The topological polar surface area (TPSA) is 97.4 Å². The number of carbonyl (C=O) groups excluding carboxylic acids is 1. The van der Waals surface area contributed by atoms with E-state index < -0.39 is 0 Å². The Morgan fingerprint density at radius 3 is 1.90 bits per heavy atom. The molecule has 200 valence electrons. The van der Waals surface area contributed by atoms with Crippen LogP contribution in [0.3, 0.4) is 0 Å². The summed E-state index contributed by atoms with van der Waals surface area (Å²) < 4.78 is 10.6. The molecule has 0 aliphatic carbocycles. The van der Waals surface area contributed by atoms with Crippen LogP contribution in [0.5, 0.6) is 11.5 Å². The number of piperidine rings is 1. The van der Waals surface area contributed by atoms with Crippen molar-refractivity contribution in [2.75, 3.05) is 31.4 Å². The van der Waals surface area contributed by atoms with Crippen LogP contribution in [-0.4, -0.2) is 42.7 Å². The maximum absolute atomic E-state index is 12.5. The number of amides is 1. The van der Waals surface area contributed by atoms with Crippen molar-refractivity contribution in [3.8, 4) is 34.0 Å². The summed E-state index contributed by atoms with van der Waals surface area (Å²) >= 11 is 0. The van der Waals surface area contributed by atoms with E-state index in [9.17, 15) is 4.79 Å². The molecule has 1 atom stereocenters. The van der Waals surface area contributed by atoms with E-state index >= 15 is 0 Å². The second-order valence-electron chi connectivity index (χ2n) is 9.52. The molecule has 3 N–H and O–H groups in total. The summed E-state index contributed by atoms with van der Waals surface area (Å²) in [5.41, 5.74) is 5.02. The van der Waals surface area contributed by atoms with E-state index in [1.165, 1.54) is 12.8 Å². The third kappa shape index (κ3) is 6.91. The average Bonchev–Trinajstić information content (AvgIpc) is 2.98. The Morgan fingerprint density at radius 2 is 1.38 bits per heavy atom. The predicted octanol–water partition coefficient (Wildman–Crippen LogP) is 6.04. The molecule has 1 aromatic heterocycles. The number of rotatable bonds is 9. The van der Waals surface area contributed by atoms with Gasteiger partial charge in [-0.2, -0.15) is 0 Å². The molecule has 1 saturated heterocycles. The van der Waals surface area contributed by atoms with Crippen LogP contribution in [0.1, 0.15) is 25.7 Å². The Hall–Kier alpha value is -4.43. The van der Waals surface area contributed by atoms with Gasteiger partial charge >= 0.3 is 0 Å². The molecule has 0 spiro atoms. The highest BCUT2D eigenvalue weighted by atomic mass is 16.5. The molecular formula is C31H33N5O3. The van der Waals surface area contributed by atoms with Crippen LogP contribution in [-0.2, 0) is 4.79 Å². The maximum Gasteiger partial charge on any atom is 0.228 e. The molecule has 8 heteroatoms. The molecule has 0 saturated carbocycles. The molecule has 8 nitrogen and oxygen atoms in total. The van der Waals surface area contributed by atoms with Crippen molar-refractivity contribution in [3.63, 3.8) is 0 Å². The van der Waals surface area contributed by atoms with Crippen LogP contribution in [0.4, 0.5) is 17.3 Å². The first kappa shape index (κ1) is 26.2. The SMILES string of the molecule is COc1ccc(-c2cc(-c3ccc(OC)cc3)nc(Nc3ccc(NC(=O)CC4CCCCN4)cc3)n2)cc1. The van der Waals surface area contributed by atoms with Crippen LogP contribution in [0.2, 0.25) is 0 Å². The molecule has 5 rings (SSSR count). The number of nitrogens with zero attached hydrogens (tertiary/aromatic N) is 2. The van der Waals surface area contributed by atoms with E-state index in [-0.39, 0.29) is 11.9 Å². The molecule has 0 radical (unpaired) electrons. The van der Waals surface area contributed by atoms with Crippen molar-refractivity contribution in [1.82, 2.24) is 15.3 Å². The number of ether oxygens (including phenoxy) is 2. The Bertz CT molecular complexity index is 1320. The van der Waals surface area contributed by atoms with Gasteiger partial charge in [-0.15, -0.1) is 0 Å². The Kier molecular flexibility index (Phi) is 8.33. The van der Waals surface area contributed by atoms with Crippen molar-refractivity contribution < 1.29 is 14.3 Å². The second-order valence-corrected chi connectivity index (χ2v) is 9.52. The molecule has 2 heterocycles. The van der Waals surface area contributed by atoms with Crippen molar-refractivity contribution in [2.24, 2.45) is 0 Å². The van der Waals surface area contributed by atoms with Crippen LogP contribution in [0.15, 0.2) is 78.9 Å². The van der Waals surface area contributed by atoms with Gasteiger partial charge in [-0.05, 0) is 98.2 Å². The fourth-order valence-corrected chi connectivity index (χ4v) is 4.62. The number of nitrogens with one attached hydrogen (secondary N) is 3. The quantitative estimate of drug-likeness (QED) is 0.246. The van der Waals surface area contributed by atoms with Gasteiger partial charge in [0.15, 0.2) is 0 Å². The zero-order valence-electron chi connectivity index (χ0n) is 22.2. The van der Waals surface area contributed by atoms with Gasteiger partial charge in [-0.3, -0.25) is 4.79 Å². The summed E-state index contributed by atoms with van der Waals surface area (Å²) in [5, 5.41) is 9.74. The maximum atomic E-state index is 12.5. The lowest BCUT2D eigenvalue weighted by Gasteiger charge is -2.22. The number of anilines is 3. The lowest BCUT2D eigenvalue weighted by Crippen LogP contribution is -2.36. The summed E-state index contributed by atoms with van der Waals surface area (Å²) in [4.78, 5) is 22.0. The molecule has 3 aromatic carbocycles. The zero-order chi connectivity index (χ0) is 27.0. The second kappa shape index (κ2) is 12.4. The third-order valence-corrected chi connectivity index (χ3v) is 6.77. The van der Waals surface area contributed by atoms with Gasteiger partial charge in [-0.1, -0.05) is 6.42 Å². The minimum Gasteiger partial charge on any atom is -0.497 e. The number of carbonyl (C=O) groups is 1. The van der Waals surface area contributed by atoms with Gasteiger partial charge in [0, 0.05) is 35.0 Å². The number of hydrogen-bond acceptors (Lipinski definition) is 7. The molecule has 1 aliphatic heterocycles.